The highest BCUT2D eigenvalue weighted by molar-refractivity contribution is 5.85. The van der Waals surface area contributed by atoms with Gasteiger partial charge < -0.3 is 9.52 Å². The second-order valence-corrected chi connectivity index (χ2v) is 3.76. The van der Waals surface area contributed by atoms with E-state index in [9.17, 15) is 9.70 Å². The first-order valence-corrected chi connectivity index (χ1v) is 5.09. The smallest absolute Gasteiger partial charge is 0.371 e. The van der Waals surface area contributed by atoms with Crippen molar-refractivity contribution < 1.29 is 24.4 Å². The average Bonchev–Trinajstić information content (AvgIpc) is 2.78. The molecular formula is C12H10NO5+. The number of carbonyl (C=O) groups is 1. The van der Waals surface area contributed by atoms with Gasteiger partial charge in [-0.1, -0.05) is 6.07 Å². The molecule has 0 fully saturated rings. The largest absolute Gasteiger partial charge is 0.475 e. The predicted molar refractivity (Wildman–Crippen MR) is 60.9 cm³/mol. The lowest BCUT2D eigenvalue weighted by molar-refractivity contribution is -0.729. The van der Waals surface area contributed by atoms with Gasteiger partial charge in [-0.2, -0.15) is 0 Å². The van der Waals surface area contributed by atoms with E-state index in [1.54, 1.807) is 19.1 Å². The Morgan fingerprint density at radius 3 is 2.56 bits per heavy atom. The SMILES string of the molecule is Cc1ccc(-c2ccc(C(=O)O)o2)c([N+](=O)O)c1. The van der Waals surface area contributed by atoms with Crippen molar-refractivity contribution in [2.75, 3.05) is 0 Å². The van der Waals surface area contributed by atoms with E-state index in [0.29, 0.717) is 5.56 Å². The molecular weight excluding hydrogens is 238 g/mol. The normalized spacial score (nSPS) is 10.3. The summed E-state index contributed by atoms with van der Waals surface area (Å²) in [4.78, 5) is 21.5. The summed E-state index contributed by atoms with van der Waals surface area (Å²) in [7, 11) is 0. The molecule has 0 radical (unpaired) electrons. The zero-order valence-corrected chi connectivity index (χ0v) is 9.45. The van der Waals surface area contributed by atoms with Gasteiger partial charge in [-0.3, -0.25) is 0 Å². The molecule has 18 heavy (non-hydrogen) atoms. The number of benzene rings is 1. The van der Waals surface area contributed by atoms with E-state index in [0.717, 1.165) is 5.56 Å². The number of rotatable bonds is 3. The molecule has 0 atom stereocenters. The monoisotopic (exact) mass is 248 g/mol. The van der Waals surface area contributed by atoms with Crippen LogP contribution in [0.15, 0.2) is 34.7 Å². The van der Waals surface area contributed by atoms with E-state index in [1.807, 2.05) is 0 Å². The molecule has 2 aromatic rings. The minimum absolute atomic E-state index is 0.00119. The summed E-state index contributed by atoms with van der Waals surface area (Å²) >= 11 is 0. The van der Waals surface area contributed by atoms with E-state index in [-0.39, 0.29) is 22.1 Å². The number of furan rings is 1. The summed E-state index contributed by atoms with van der Waals surface area (Å²) in [6.45, 7) is 1.77. The van der Waals surface area contributed by atoms with Crippen LogP contribution in [0.4, 0.5) is 5.69 Å². The standard InChI is InChI=1S/C12H9NO5/c1-7-2-3-8(9(6-7)13(16)17)10-4-5-11(18-10)12(14)15/h2-6H,1H3,(H-,14,15,16,17)/p+1. The topological polar surface area (TPSA) is 90.8 Å². The maximum Gasteiger partial charge on any atom is 0.371 e. The molecule has 0 aliphatic rings. The number of aryl methyl sites for hydroxylation is 1. The fourth-order valence-corrected chi connectivity index (χ4v) is 1.61. The second kappa shape index (κ2) is 4.33. The lowest BCUT2D eigenvalue weighted by Crippen LogP contribution is -1.95. The summed E-state index contributed by atoms with van der Waals surface area (Å²) < 4.78 is 5.09. The molecule has 2 N–H and O–H groups in total. The molecule has 6 nitrogen and oxygen atoms in total. The fraction of sp³-hybridized carbons (Fsp3) is 0.0833. The van der Waals surface area contributed by atoms with Crippen molar-refractivity contribution in [2.24, 2.45) is 0 Å². The van der Waals surface area contributed by atoms with Crippen molar-refractivity contribution >= 4 is 11.7 Å². The van der Waals surface area contributed by atoms with Crippen LogP contribution >= 0.6 is 0 Å². The number of hydrogen-bond acceptors (Lipinski definition) is 3. The van der Waals surface area contributed by atoms with Crippen molar-refractivity contribution in [1.29, 1.82) is 0 Å². The first kappa shape index (κ1) is 11.8. The van der Waals surface area contributed by atoms with Crippen LogP contribution in [0.25, 0.3) is 11.3 Å². The van der Waals surface area contributed by atoms with Crippen LogP contribution in [0, 0.1) is 11.8 Å². The van der Waals surface area contributed by atoms with Crippen molar-refractivity contribution in [1.82, 2.24) is 0 Å². The van der Waals surface area contributed by atoms with Crippen LogP contribution in [0.3, 0.4) is 0 Å². The quantitative estimate of drug-likeness (QED) is 0.815. The Morgan fingerprint density at radius 2 is 2.00 bits per heavy atom. The minimum atomic E-state index is -1.20. The summed E-state index contributed by atoms with van der Waals surface area (Å²) in [5, 5.41) is 17.8. The molecule has 0 aliphatic carbocycles. The molecule has 0 saturated heterocycles. The fourth-order valence-electron chi connectivity index (χ4n) is 1.61. The molecule has 1 aromatic heterocycles. The van der Waals surface area contributed by atoms with Gasteiger partial charge in [0.05, 0.1) is 10.5 Å². The molecule has 0 saturated carbocycles. The Hall–Kier alpha value is -2.63. The molecule has 0 amide bonds. The lowest BCUT2D eigenvalue weighted by atomic mass is 10.1. The average molecular weight is 248 g/mol. The molecule has 0 unspecified atom stereocenters. The number of nitrogens with zero attached hydrogens (tertiary/aromatic N) is 1. The minimum Gasteiger partial charge on any atom is -0.475 e. The number of aromatic carboxylic acids is 1. The van der Waals surface area contributed by atoms with Crippen LogP contribution in [-0.2, 0) is 0 Å². The van der Waals surface area contributed by atoms with Crippen LogP contribution < -0.4 is 0 Å². The van der Waals surface area contributed by atoms with E-state index < -0.39 is 5.97 Å². The molecule has 1 heterocycles. The van der Waals surface area contributed by atoms with Crippen molar-refractivity contribution in [2.45, 2.75) is 6.92 Å². The first-order valence-electron chi connectivity index (χ1n) is 5.09. The van der Waals surface area contributed by atoms with E-state index in [4.69, 9.17) is 14.7 Å². The van der Waals surface area contributed by atoms with Gasteiger partial charge in [0.25, 0.3) is 4.92 Å². The third-order valence-electron chi connectivity index (χ3n) is 2.44. The third-order valence-corrected chi connectivity index (χ3v) is 2.44. The van der Waals surface area contributed by atoms with Crippen molar-refractivity contribution in [3.63, 3.8) is 0 Å². The molecule has 6 heteroatoms. The van der Waals surface area contributed by atoms with Gasteiger partial charge in [0.15, 0.2) is 0 Å². The van der Waals surface area contributed by atoms with Crippen LogP contribution in [0.2, 0.25) is 0 Å². The Bertz CT molecular complexity index is 629. The molecule has 0 spiro atoms. The number of carboxylic acid groups (broad SMARTS) is 1. The molecule has 92 valence electrons. The Morgan fingerprint density at radius 1 is 1.28 bits per heavy atom. The van der Waals surface area contributed by atoms with Gasteiger partial charge in [-0.05, 0) is 30.7 Å². The highest BCUT2D eigenvalue weighted by atomic mass is 16.6. The van der Waals surface area contributed by atoms with Crippen LogP contribution in [0.5, 0.6) is 0 Å². The predicted octanol–water partition coefficient (Wildman–Crippen LogP) is 2.75. The van der Waals surface area contributed by atoms with Gasteiger partial charge in [-0.25, -0.2) is 10.0 Å². The summed E-state index contributed by atoms with van der Waals surface area (Å²) in [5.74, 6) is -1.22. The van der Waals surface area contributed by atoms with Gasteiger partial charge in [-0.15, -0.1) is 0 Å². The highest BCUT2D eigenvalue weighted by Gasteiger charge is 2.23. The van der Waals surface area contributed by atoms with Gasteiger partial charge in [0, 0.05) is 6.07 Å². The second-order valence-electron chi connectivity index (χ2n) is 3.76. The maximum absolute atomic E-state index is 11.0. The number of hydrogen-bond donors (Lipinski definition) is 2. The van der Waals surface area contributed by atoms with Crippen LogP contribution in [-0.4, -0.2) is 21.2 Å². The Kier molecular flexibility index (Phi) is 2.85. The summed E-state index contributed by atoms with van der Waals surface area (Å²) in [5.41, 5.74) is 1.11. The third kappa shape index (κ3) is 2.08. The maximum atomic E-state index is 11.0. The molecule has 1 aromatic carbocycles. The summed E-state index contributed by atoms with van der Waals surface area (Å²) in [6, 6.07) is 7.50. The zero-order valence-electron chi connectivity index (χ0n) is 9.45. The summed E-state index contributed by atoms with van der Waals surface area (Å²) in [6.07, 6.45) is 0. The Balaban J connectivity index is 2.55. The first-order chi connectivity index (χ1) is 8.49. The Labute approximate surface area is 102 Å². The van der Waals surface area contributed by atoms with Crippen molar-refractivity contribution in [3.05, 3.63) is 46.6 Å². The van der Waals surface area contributed by atoms with Gasteiger partial charge in [0.2, 0.25) is 5.76 Å². The molecule has 2 rings (SSSR count). The van der Waals surface area contributed by atoms with Crippen LogP contribution in [0.1, 0.15) is 16.1 Å². The van der Waals surface area contributed by atoms with E-state index in [1.165, 1.54) is 18.2 Å². The van der Waals surface area contributed by atoms with Gasteiger partial charge >= 0.3 is 11.7 Å². The molecule has 0 aliphatic heterocycles. The zero-order chi connectivity index (χ0) is 13.3. The van der Waals surface area contributed by atoms with Crippen molar-refractivity contribution in [3.8, 4) is 11.3 Å². The lowest BCUT2D eigenvalue weighted by Gasteiger charge is -1.98. The number of carboxylic acids is 1. The van der Waals surface area contributed by atoms with Gasteiger partial charge in [0.1, 0.15) is 5.76 Å². The molecule has 0 bridgehead atoms. The van der Waals surface area contributed by atoms with E-state index >= 15 is 0 Å². The highest BCUT2D eigenvalue weighted by Crippen LogP contribution is 2.31. The van der Waals surface area contributed by atoms with E-state index in [2.05, 4.69) is 0 Å².